The number of rotatable bonds is 1. The number of phenols is 1. The van der Waals surface area contributed by atoms with E-state index < -0.39 is 0 Å². The van der Waals surface area contributed by atoms with Crippen molar-refractivity contribution in [3.05, 3.63) is 24.3 Å². The van der Waals surface area contributed by atoms with Crippen LogP contribution in [0.2, 0.25) is 0 Å². The van der Waals surface area contributed by atoms with Crippen molar-refractivity contribution < 1.29 is 5.11 Å². The van der Waals surface area contributed by atoms with Crippen molar-refractivity contribution in [2.24, 2.45) is 0 Å². The summed E-state index contributed by atoms with van der Waals surface area (Å²) in [7, 11) is 0. The van der Waals surface area contributed by atoms with Gasteiger partial charge in [0.15, 0.2) is 0 Å². The van der Waals surface area contributed by atoms with Crippen molar-refractivity contribution in [2.45, 2.75) is 52.6 Å². The van der Waals surface area contributed by atoms with E-state index in [1.54, 1.807) is 6.07 Å². The van der Waals surface area contributed by atoms with E-state index in [1.807, 2.05) is 18.2 Å². The summed E-state index contributed by atoms with van der Waals surface area (Å²) in [5.74, 6) is 0.316. The van der Waals surface area contributed by atoms with Gasteiger partial charge in [-0.1, -0.05) is 6.07 Å². The minimum absolute atomic E-state index is 0.0199. The minimum atomic E-state index is 0.0199. The molecule has 0 unspecified atom stereocenters. The molecular weight excluding hydrogens is 198 g/mol. The summed E-state index contributed by atoms with van der Waals surface area (Å²) in [6.45, 7) is 13.1. The van der Waals surface area contributed by atoms with Gasteiger partial charge in [0.05, 0.1) is 0 Å². The molecule has 1 aromatic carbocycles. The normalized spacial score (nSPS) is 12.6. The zero-order valence-corrected chi connectivity index (χ0v) is 11.2. The van der Waals surface area contributed by atoms with E-state index >= 15 is 0 Å². The van der Waals surface area contributed by atoms with E-state index in [4.69, 9.17) is 0 Å². The van der Waals surface area contributed by atoms with E-state index in [0.717, 1.165) is 5.69 Å². The quantitative estimate of drug-likeness (QED) is 0.779. The number of benzene rings is 1. The lowest BCUT2D eigenvalue weighted by Gasteiger charge is -2.47. The first-order valence-corrected chi connectivity index (χ1v) is 5.72. The molecule has 0 aliphatic carbocycles. The van der Waals surface area contributed by atoms with Gasteiger partial charge in [-0.05, 0) is 53.7 Å². The highest BCUT2D eigenvalue weighted by molar-refractivity contribution is 5.54. The van der Waals surface area contributed by atoms with Crippen LogP contribution in [0, 0.1) is 0 Å². The maximum absolute atomic E-state index is 9.57. The molecule has 0 atom stereocenters. The standard InChI is InChI=1S/C14H23NO/c1-13(2,3)15(14(4,5)6)11-8-7-9-12(16)10-11/h7-10,16H,1-6H3. The largest absolute Gasteiger partial charge is 0.508 e. The summed E-state index contributed by atoms with van der Waals surface area (Å²) >= 11 is 0. The fraction of sp³-hybridized carbons (Fsp3) is 0.571. The highest BCUT2D eigenvalue weighted by Crippen LogP contribution is 2.33. The van der Waals surface area contributed by atoms with Crippen LogP contribution >= 0.6 is 0 Å². The van der Waals surface area contributed by atoms with Gasteiger partial charge in [0, 0.05) is 22.8 Å². The average molecular weight is 221 g/mol. The van der Waals surface area contributed by atoms with E-state index in [2.05, 4.69) is 46.4 Å². The first-order valence-electron chi connectivity index (χ1n) is 5.72. The summed E-state index contributed by atoms with van der Waals surface area (Å²) in [5.41, 5.74) is 1.10. The Balaban J connectivity index is 3.23. The van der Waals surface area contributed by atoms with Crippen LogP contribution in [-0.4, -0.2) is 16.2 Å². The molecule has 0 spiro atoms. The molecule has 0 aromatic heterocycles. The summed E-state index contributed by atoms with van der Waals surface area (Å²) in [5, 5.41) is 9.57. The summed E-state index contributed by atoms with van der Waals surface area (Å²) in [6, 6.07) is 7.44. The van der Waals surface area contributed by atoms with Gasteiger partial charge in [-0.3, -0.25) is 0 Å². The number of nitrogens with zero attached hydrogens (tertiary/aromatic N) is 1. The van der Waals surface area contributed by atoms with Crippen molar-refractivity contribution in [2.75, 3.05) is 4.90 Å². The highest BCUT2D eigenvalue weighted by Gasteiger charge is 2.31. The Kier molecular flexibility index (Phi) is 3.22. The fourth-order valence-corrected chi connectivity index (χ4v) is 2.41. The summed E-state index contributed by atoms with van der Waals surface area (Å²) < 4.78 is 0. The van der Waals surface area contributed by atoms with Crippen molar-refractivity contribution in [1.29, 1.82) is 0 Å². The predicted molar refractivity (Wildman–Crippen MR) is 70.1 cm³/mol. The summed E-state index contributed by atoms with van der Waals surface area (Å²) in [4.78, 5) is 2.32. The molecule has 0 saturated heterocycles. The first-order chi connectivity index (χ1) is 7.12. The second-order valence-corrected chi connectivity index (χ2v) is 6.20. The predicted octanol–water partition coefficient (Wildman–Crippen LogP) is 3.80. The molecule has 0 fully saturated rings. The molecule has 90 valence electrons. The fourth-order valence-electron chi connectivity index (χ4n) is 2.41. The summed E-state index contributed by atoms with van der Waals surface area (Å²) in [6.07, 6.45) is 0. The molecule has 0 aliphatic heterocycles. The zero-order chi connectivity index (χ0) is 12.6. The van der Waals surface area contributed by atoms with Crippen LogP contribution < -0.4 is 4.90 Å². The second kappa shape index (κ2) is 4.00. The third-order valence-corrected chi connectivity index (χ3v) is 2.43. The Labute approximate surface area is 98.9 Å². The molecule has 1 aromatic rings. The van der Waals surface area contributed by atoms with Crippen LogP contribution in [-0.2, 0) is 0 Å². The molecule has 1 N–H and O–H groups in total. The second-order valence-electron chi connectivity index (χ2n) is 6.20. The van der Waals surface area contributed by atoms with E-state index in [0.29, 0.717) is 5.75 Å². The number of aromatic hydroxyl groups is 1. The van der Waals surface area contributed by atoms with Gasteiger partial charge < -0.3 is 10.0 Å². The van der Waals surface area contributed by atoms with Crippen LogP contribution in [0.3, 0.4) is 0 Å². The molecule has 0 heterocycles. The maximum Gasteiger partial charge on any atom is 0.117 e. The van der Waals surface area contributed by atoms with Gasteiger partial charge in [-0.2, -0.15) is 0 Å². The van der Waals surface area contributed by atoms with Crippen LogP contribution in [0.4, 0.5) is 5.69 Å². The Morgan fingerprint density at radius 2 is 1.44 bits per heavy atom. The van der Waals surface area contributed by atoms with Gasteiger partial charge >= 0.3 is 0 Å². The topological polar surface area (TPSA) is 23.5 Å². The van der Waals surface area contributed by atoms with E-state index in [9.17, 15) is 5.11 Å². The van der Waals surface area contributed by atoms with Gasteiger partial charge in [0.1, 0.15) is 5.75 Å². The van der Waals surface area contributed by atoms with E-state index in [1.165, 1.54) is 0 Å². The van der Waals surface area contributed by atoms with Crippen molar-refractivity contribution >= 4 is 5.69 Å². The monoisotopic (exact) mass is 221 g/mol. The molecule has 16 heavy (non-hydrogen) atoms. The van der Waals surface area contributed by atoms with Gasteiger partial charge in [-0.15, -0.1) is 0 Å². The third-order valence-electron chi connectivity index (χ3n) is 2.43. The smallest absolute Gasteiger partial charge is 0.117 e. The SMILES string of the molecule is CC(C)(C)N(c1cccc(O)c1)C(C)(C)C. The first kappa shape index (κ1) is 12.9. The van der Waals surface area contributed by atoms with Crippen LogP contribution in [0.25, 0.3) is 0 Å². The lowest BCUT2D eigenvalue weighted by molar-refractivity contribution is 0.380. The van der Waals surface area contributed by atoms with Gasteiger partial charge in [0.25, 0.3) is 0 Å². The average Bonchev–Trinajstić information content (AvgIpc) is 1.97. The maximum atomic E-state index is 9.57. The third kappa shape index (κ3) is 2.91. The van der Waals surface area contributed by atoms with Crippen LogP contribution in [0.15, 0.2) is 24.3 Å². The van der Waals surface area contributed by atoms with Crippen molar-refractivity contribution in [1.82, 2.24) is 0 Å². The lowest BCUT2D eigenvalue weighted by Crippen LogP contribution is -2.53. The zero-order valence-electron chi connectivity index (χ0n) is 11.2. The molecule has 0 radical (unpaired) electrons. The highest BCUT2D eigenvalue weighted by atomic mass is 16.3. The van der Waals surface area contributed by atoms with Crippen LogP contribution in [0.5, 0.6) is 5.75 Å². The number of phenolic OH excluding ortho intramolecular Hbond substituents is 1. The Morgan fingerprint density at radius 3 is 1.81 bits per heavy atom. The minimum Gasteiger partial charge on any atom is -0.508 e. The molecule has 0 aliphatic rings. The Morgan fingerprint density at radius 1 is 0.938 bits per heavy atom. The van der Waals surface area contributed by atoms with Crippen molar-refractivity contribution in [3.8, 4) is 5.75 Å². The molecule has 2 heteroatoms. The number of hydrogen-bond donors (Lipinski definition) is 1. The molecule has 2 nitrogen and oxygen atoms in total. The number of anilines is 1. The van der Waals surface area contributed by atoms with Gasteiger partial charge in [-0.25, -0.2) is 0 Å². The molecular formula is C14H23NO. The number of hydrogen-bond acceptors (Lipinski definition) is 2. The molecule has 0 bridgehead atoms. The van der Waals surface area contributed by atoms with E-state index in [-0.39, 0.29) is 11.1 Å². The molecule has 1 rings (SSSR count). The molecule has 0 saturated carbocycles. The Bertz CT molecular complexity index is 344. The van der Waals surface area contributed by atoms with Gasteiger partial charge in [0.2, 0.25) is 0 Å². The lowest BCUT2D eigenvalue weighted by atomic mass is 9.95. The Hall–Kier alpha value is -1.18. The van der Waals surface area contributed by atoms with Crippen LogP contribution in [0.1, 0.15) is 41.5 Å². The molecule has 0 amide bonds. The van der Waals surface area contributed by atoms with Crippen molar-refractivity contribution in [3.63, 3.8) is 0 Å².